The summed E-state index contributed by atoms with van der Waals surface area (Å²) in [5.74, 6) is 0. The van der Waals surface area contributed by atoms with Gasteiger partial charge in [-0.05, 0) is 12.0 Å². The van der Waals surface area contributed by atoms with Crippen LogP contribution in [0.25, 0.3) is 0 Å². The van der Waals surface area contributed by atoms with Crippen LogP contribution < -0.4 is 5.50 Å². The van der Waals surface area contributed by atoms with Crippen LogP contribution in [0.5, 0.6) is 0 Å². The van der Waals surface area contributed by atoms with E-state index in [0.717, 1.165) is 18.4 Å². The maximum atomic E-state index is 11.6. The minimum atomic E-state index is -3.39. The number of rotatable bonds is 7. The average molecular weight is 243 g/mol. The molecule has 0 aliphatic heterocycles. The van der Waals surface area contributed by atoms with Gasteiger partial charge in [-0.25, -0.2) is 10.1 Å². The summed E-state index contributed by atoms with van der Waals surface area (Å²) in [4.78, 5) is 0. The van der Waals surface area contributed by atoms with Gasteiger partial charge < -0.3 is 0 Å². The summed E-state index contributed by atoms with van der Waals surface area (Å²) in [6.07, 6.45) is 1.80. The summed E-state index contributed by atoms with van der Waals surface area (Å²) in [5, 5.41) is 0. The molecular formula is C11H18NO3P. The first-order valence-corrected chi connectivity index (χ1v) is 6.97. The normalized spacial score (nSPS) is 14.6. The molecule has 0 saturated heterocycles. The molecule has 0 saturated carbocycles. The van der Waals surface area contributed by atoms with Gasteiger partial charge in [0.15, 0.2) is 0 Å². The molecule has 0 amide bonds. The van der Waals surface area contributed by atoms with E-state index in [1.807, 2.05) is 37.3 Å². The molecule has 0 heterocycles. The van der Waals surface area contributed by atoms with E-state index < -0.39 is 7.75 Å². The smallest absolute Gasteiger partial charge is 0.297 e. The van der Waals surface area contributed by atoms with Gasteiger partial charge in [-0.15, -0.1) is 0 Å². The lowest BCUT2D eigenvalue weighted by molar-refractivity contribution is 0.196. The van der Waals surface area contributed by atoms with E-state index >= 15 is 0 Å². The Labute approximate surface area is 96.3 Å². The fourth-order valence-corrected chi connectivity index (χ4v) is 1.90. The van der Waals surface area contributed by atoms with Crippen molar-refractivity contribution in [2.24, 2.45) is 5.50 Å². The molecule has 1 unspecified atom stereocenters. The van der Waals surface area contributed by atoms with Gasteiger partial charge >= 0.3 is 7.75 Å². The highest BCUT2D eigenvalue weighted by Gasteiger charge is 2.17. The maximum Gasteiger partial charge on any atom is 0.403 e. The fraction of sp³-hybridized carbons (Fsp3) is 0.455. The second kappa shape index (κ2) is 6.81. The molecule has 0 spiro atoms. The summed E-state index contributed by atoms with van der Waals surface area (Å²) in [5.41, 5.74) is 6.34. The molecule has 1 atom stereocenters. The van der Waals surface area contributed by atoms with E-state index in [1.54, 1.807) is 0 Å². The van der Waals surface area contributed by atoms with Crippen molar-refractivity contribution in [3.05, 3.63) is 35.9 Å². The van der Waals surface area contributed by atoms with E-state index in [2.05, 4.69) is 0 Å². The van der Waals surface area contributed by atoms with Crippen LogP contribution in [-0.4, -0.2) is 6.61 Å². The van der Waals surface area contributed by atoms with Crippen LogP contribution in [0.15, 0.2) is 30.3 Å². The van der Waals surface area contributed by atoms with Crippen LogP contribution in [0.1, 0.15) is 25.3 Å². The summed E-state index contributed by atoms with van der Waals surface area (Å²) in [7, 11) is -3.39. The molecule has 0 aromatic heterocycles. The van der Waals surface area contributed by atoms with Crippen LogP contribution in [0, 0.1) is 0 Å². The Kier molecular flexibility index (Phi) is 5.71. The van der Waals surface area contributed by atoms with Gasteiger partial charge in [-0.1, -0.05) is 43.7 Å². The molecule has 1 aromatic carbocycles. The van der Waals surface area contributed by atoms with Crippen molar-refractivity contribution >= 4 is 7.75 Å². The Bertz CT molecular complexity index is 342. The van der Waals surface area contributed by atoms with Gasteiger partial charge in [-0.3, -0.25) is 9.05 Å². The van der Waals surface area contributed by atoms with Crippen LogP contribution in [0.2, 0.25) is 0 Å². The van der Waals surface area contributed by atoms with Crippen molar-refractivity contribution in [2.75, 3.05) is 6.61 Å². The predicted octanol–water partition coefficient (Wildman–Crippen LogP) is 3.09. The van der Waals surface area contributed by atoms with Crippen LogP contribution in [0.3, 0.4) is 0 Å². The molecule has 0 bridgehead atoms. The second-order valence-corrected chi connectivity index (χ2v) is 5.08. The SMILES string of the molecule is CCCCOP(N)(=O)OCc1ccccc1. The minimum Gasteiger partial charge on any atom is -0.297 e. The highest BCUT2D eigenvalue weighted by atomic mass is 31.2. The van der Waals surface area contributed by atoms with Gasteiger partial charge in [0.1, 0.15) is 0 Å². The number of unbranched alkanes of at least 4 members (excludes halogenated alkanes) is 1. The third-order valence-corrected chi connectivity index (χ3v) is 3.05. The number of benzene rings is 1. The molecule has 0 aliphatic rings. The second-order valence-electron chi connectivity index (χ2n) is 3.49. The largest absolute Gasteiger partial charge is 0.403 e. The maximum absolute atomic E-state index is 11.6. The fourth-order valence-electron chi connectivity index (χ4n) is 1.11. The molecular weight excluding hydrogens is 225 g/mol. The molecule has 90 valence electrons. The standard InChI is InChI=1S/C11H18NO3P/c1-2-3-9-14-16(12,13)15-10-11-7-5-4-6-8-11/h4-8H,2-3,9-10H2,1H3,(H2,12,13). The molecule has 0 aliphatic carbocycles. The lowest BCUT2D eigenvalue weighted by Gasteiger charge is -2.13. The predicted molar refractivity (Wildman–Crippen MR) is 63.9 cm³/mol. The highest BCUT2D eigenvalue weighted by molar-refractivity contribution is 7.51. The zero-order chi connectivity index (χ0) is 11.9. The summed E-state index contributed by atoms with van der Waals surface area (Å²) < 4.78 is 21.7. The third-order valence-electron chi connectivity index (χ3n) is 2.02. The zero-order valence-electron chi connectivity index (χ0n) is 9.46. The van der Waals surface area contributed by atoms with Crippen LogP contribution in [0.4, 0.5) is 0 Å². The summed E-state index contributed by atoms with van der Waals surface area (Å²) in [6.45, 7) is 2.61. The number of hydrogen-bond acceptors (Lipinski definition) is 3. The Morgan fingerprint density at radius 1 is 1.25 bits per heavy atom. The van der Waals surface area contributed by atoms with E-state index in [4.69, 9.17) is 14.6 Å². The molecule has 4 nitrogen and oxygen atoms in total. The van der Waals surface area contributed by atoms with Gasteiger partial charge in [-0.2, -0.15) is 0 Å². The first-order valence-electron chi connectivity index (χ1n) is 5.35. The number of hydrogen-bond donors (Lipinski definition) is 1. The summed E-state index contributed by atoms with van der Waals surface area (Å²) in [6, 6.07) is 9.44. The van der Waals surface area contributed by atoms with Crippen LogP contribution >= 0.6 is 7.75 Å². The van der Waals surface area contributed by atoms with Gasteiger partial charge in [0.05, 0.1) is 13.2 Å². The Hall–Kier alpha value is -0.670. The first-order chi connectivity index (χ1) is 7.64. The first kappa shape index (κ1) is 13.4. The topological polar surface area (TPSA) is 61.5 Å². The number of nitrogens with two attached hydrogens (primary N) is 1. The molecule has 2 N–H and O–H groups in total. The Balaban J connectivity index is 2.33. The van der Waals surface area contributed by atoms with Crippen molar-refractivity contribution in [3.63, 3.8) is 0 Å². The summed E-state index contributed by atoms with van der Waals surface area (Å²) >= 11 is 0. The van der Waals surface area contributed by atoms with Gasteiger partial charge in [0, 0.05) is 0 Å². The molecule has 1 aromatic rings. The molecule has 0 radical (unpaired) electrons. The highest BCUT2D eigenvalue weighted by Crippen LogP contribution is 2.40. The minimum absolute atomic E-state index is 0.209. The van der Waals surface area contributed by atoms with E-state index in [0.29, 0.717) is 6.61 Å². The van der Waals surface area contributed by atoms with E-state index in [1.165, 1.54) is 0 Å². The van der Waals surface area contributed by atoms with E-state index in [-0.39, 0.29) is 6.61 Å². The zero-order valence-corrected chi connectivity index (χ0v) is 10.4. The van der Waals surface area contributed by atoms with Gasteiger partial charge in [0.2, 0.25) is 0 Å². The van der Waals surface area contributed by atoms with Crippen molar-refractivity contribution in [1.82, 2.24) is 0 Å². The molecule has 0 fully saturated rings. The van der Waals surface area contributed by atoms with Crippen molar-refractivity contribution in [3.8, 4) is 0 Å². The monoisotopic (exact) mass is 243 g/mol. The quantitative estimate of drug-likeness (QED) is 0.590. The Morgan fingerprint density at radius 3 is 2.56 bits per heavy atom. The van der Waals surface area contributed by atoms with Gasteiger partial charge in [0.25, 0.3) is 0 Å². The Morgan fingerprint density at radius 2 is 1.94 bits per heavy atom. The van der Waals surface area contributed by atoms with Crippen LogP contribution in [-0.2, 0) is 20.2 Å². The third kappa shape index (κ3) is 5.42. The van der Waals surface area contributed by atoms with Crippen molar-refractivity contribution < 1.29 is 13.6 Å². The molecule has 1 rings (SSSR count). The lowest BCUT2D eigenvalue weighted by atomic mass is 10.2. The average Bonchev–Trinajstić information content (AvgIpc) is 2.28. The molecule has 5 heteroatoms. The van der Waals surface area contributed by atoms with E-state index in [9.17, 15) is 4.57 Å². The molecule has 16 heavy (non-hydrogen) atoms. The van der Waals surface area contributed by atoms with Crippen molar-refractivity contribution in [1.29, 1.82) is 0 Å². The van der Waals surface area contributed by atoms with Crippen molar-refractivity contribution in [2.45, 2.75) is 26.4 Å². The lowest BCUT2D eigenvalue weighted by Crippen LogP contribution is -2.05.